The normalized spacial score (nSPS) is 12.5. The fourth-order valence-corrected chi connectivity index (χ4v) is 1.77. The lowest BCUT2D eigenvalue weighted by molar-refractivity contribution is -0.124. The molecular weight excluding hydrogens is 216 g/mol. The molecule has 1 rings (SSSR count). The fourth-order valence-electron chi connectivity index (χ4n) is 1.77. The summed E-state index contributed by atoms with van der Waals surface area (Å²) < 4.78 is 0. The van der Waals surface area contributed by atoms with E-state index in [1.165, 1.54) is 0 Å². The van der Waals surface area contributed by atoms with Gasteiger partial charge in [0.2, 0.25) is 5.91 Å². The number of benzene rings is 1. The lowest BCUT2D eigenvalue weighted by atomic mass is 10.1. The zero-order valence-corrected chi connectivity index (χ0v) is 10.6. The van der Waals surface area contributed by atoms with Crippen LogP contribution in [0.2, 0.25) is 0 Å². The standard InChI is InChI=1S/C13H20N2O2/c1-10(13(17)14-2)8-15(3)9-11-4-6-12(16)7-5-11/h4-7,10,16H,8-9H2,1-3H3,(H,14,17). The van der Waals surface area contributed by atoms with Gasteiger partial charge in [-0.25, -0.2) is 0 Å². The van der Waals surface area contributed by atoms with Gasteiger partial charge in [-0.3, -0.25) is 4.79 Å². The molecule has 4 nitrogen and oxygen atoms in total. The number of nitrogens with zero attached hydrogens (tertiary/aromatic N) is 1. The van der Waals surface area contributed by atoms with E-state index in [1.54, 1.807) is 19.2 Å². The van der Waals surface area contributed by atoms with Crippen LogP contribution in [-0.2, 0) is 11.3 Å². The molecule has 0 radical (unpaired) electrons. The molecule has 17 heavy (non-hydrogen) atoms. The zero-order valence-electron chi connectivity index (χ0n) is 10.6. The summed E-state index contributed by atoms with van der Waals surface area (Å²) in [6, 6.07) is 7.11. The highest BCUT2D eigenvalue weighted by Gasteiger charge is 2.13. The highest BCUT2D eigenvalue weighted by molar-refractivity contribution is 5.78. The number of hydrogen-bond donors (Lipinski definition) is 2. The largest absolute Gasteiger partial charge is 0.508 e. The van der Waals surface area contributed by atoms with Crippen molar-refractivity contribution in [1.82, 2.24) is 10.2 Å². The summed E-state index contributed by atoms with van der Waals surface area (Å²) in [5.41, 5.74) is 1.12. The van der Waals surface area contributed by atoms with Gasteiger partial charge >= 0.3 is 0 Å². The molecule has 1 aromatic rings. The minimum Gasteiger partial charge on any atom is -0.508 e. The van der Waals surface area contributed by atoms with E-state index in [0.29, 0.717) is 6.54 Å². The first-order valence-corrected chi connectivity index (χ1v) is 5.71. The van der Waals surface area contributed by atoms with Gasteiger partial charge in [-0.2, -0.15) is 0 Å². The summed E-state index contributed by atoms with van der Waals surface area (Å²) in [5.74, 6) is 0.305. The maximum absolute atomic E-state index is 11.4. The molecule has 0 saturated heterocycles. The Bertz CT molecular complexity index is 362. The monoisotopic (exact) mass is 236 g/mol. The first-order valence-electron chi connectivity index (χ1n) is 5.71. The number of nitrogens with one attached hydrogen (secondary N) is 1. The predicted molar refractivity (Wildman–Crippen MR) is 67.7 cm³/mol. The molecule has 0 fully saturated rings. The zero-order chi connectivity index (χ0) is 12.8. The maximum atomic E-state index is 11.4. The summed E-state index contributed by atoms with van der Waals surface area (Å²) in [6.07, 6.45) is 0. The van der Waals surface area contributed by atoms with E-state index < -0.39 is 0 Å². The fraction of sp³-hybridized carbons (Fsp3) is 0.462. The molecule has 4 heteroatoms. The summed E-state index contributed by atoms with van der Waals surface area (Å²) >= 11 is 0. The third-order valence-corrected chi connectivity index (χ3v) is 2.67. The molecule has 0 aromatic heterocycles. The molecule has 1 amide bonds. The predicted octanol–water partition coefficient (Wildman–Crippen LogP) is 1.21. The van der Waals surface area contributed by atoms with Gasteiger partial charge in [0, 0.05) is 26.1 Å². The van der Waals surface area contributed by atoms with Crippen molar-refractivity contribution in [2.45, 2.75) is 13.5 Å². The van der Waals surface area contributed by atoms with E-state index in [1.807, 2.05) is 26.1 Å². The van der Waals surface area contributed by atoms with Crippen molar-refractivity contribution in [3.05, 3.63) is 29.8 Å². The van der Waals surface area contributed by atoms with E-state index in [0.717, 1.165) is 12.1 Å². The van der Waals surface area contributed by atoms with Gasteiger partial charge in [0.1, 0.15) is 5.75 Å². The Morgan fingerprint density at radius 3 is 2.53 bits per heavy atom. The van der Waals surface area contributed by atoms with Gasteiger partial charge in [-0.05, 0) is 24.7 Å². The molecule has 0 spiro atoms. The molecule has 0 bridgehead atoms. The van der Waals surface area contributed by atoms with Crippen molar-refractivity contribution in [2.24, 2.45) is 5.92 Å². The quantitative estimate of drug-likeness (QED) is 0.808. The highest BCUT2D eigenvalue weighted by atomic mass is 16.3. The number of hydrogen-bond acceptors (Lipinski definition) is 3. The first kappa shape index (κ1) is 13.5. The van der Waals surface area contributed by atoms with E-state index in [4.69, 9.17) is 0 Å². The number of carbonyl (C=O) groups is 1. The summed E-state index contributed by atoms with van der Waals surface area (Å²) in [6.45, 7) is 3.38. The second kappa shape index (κ2) is 6.25. The molecule has 2 N–H and O–H groups in total. The van der Waals surface area contributed by atoms with Crippen molar-refractivity contribution in [1.29, 1.82) is 0 Å². The van der Waals surface area contributed by atoms with Crippen LogP contribution in [-0.4, -0.2) is 36.6 Å². The van der Waals surface area contributed by atoms with E-state index >= 15 is 0 Å². The van der Waals surface area contributed by atoms with E-state index in [9.17, 15) is 9.90 Å². The Labute approximate surface area is 102 Å². The van der Waals surface area contributed by atoms with Gasteiger partial charge < -0.3 is 15.3 Å². The van der Waals surface area contributed by atoms with Crippen molar-refractivity contribution in [2.75, 3.05) is 20.6 Å². The minimum absolute atomic E-state index is 0.0258. The third kappa shape index (κ3) is 4.44. The average molecular weight is 236 g/mol. The molecule has 1 aromatic carbocycles. The maximum Gasteiger partial charge on any atom is 0.223 e. The highest BCUT2D eigenvalue weighted by Crippen LogP contribution is 2.11. The van der Waals surface area contributed by atoms with Crippen LogP contribution in [0.1, 0.15) is 12.5 Å². The molecule has 0 aliphatic rings. The number of phenolic OH excluding ortho intramolecular Hbond substituents is 1. The average Bonchev–Trinajstić information content (AvgIpc) is 2.30. The molecule has 1 atom stereocenters. The third-order valence-electron chi connectivity index (χ3n) is 2.67. The molecule has 94 valence electrons. The first-order chi connectivity index (χ1) is 8.02. The smallest absolute Gasteiger partial charge is 0.223 e. The van der Waals surface area contributed by atoms with E-state index in [2.05, 4.69) is 10.2 Å². The SMILES string of the molecule is CNC(=O)C(C)CN(C)Cc1ccc(O)cc1. The number of phenols is 1. The van der Waals surface area contributed by atoms with Crippen LogP contribution in [0.5, 0.6) is 5.75 Å². The van der Waals surface area contributed by atoms with Crippen LogP contribution in [0, 0.1) is 5.92 Å². The second-order valence-electron chi connectivity index (χ2n) is 4.38. The summed E-state index contributed by atoms with van der Waals surface area (Å²) in [4.78, 5) is 13.5. The Morgan fingerprint density at radius 2 is 2.00 bits per heavy atom. The summed E-state index contributed by atoms with van der Waals surface area (Å²) in [5, 5.41) is 11.8. The molecule has 1 unspecified atom stereocenters. The van der Waals surface area contributed by atoms with Gasteiger partial charge in [0.05, 0.1) is 0 Å². The van der Waals surface area contributed by atoms with Crippen molar-refractivity contribution < 1.29 is 9.90 Å². The summed E-state index contributed by atoms with van der Waals surface area (Å²) in [7, 11) is 3.63. The van der Waals surface area contributed by atoms with Crippen LogP contribution >= 0.6 is 0 Å². The Hall–Kier alpha value is -1.55. The van der Waals surface area contributed by atoms with Crippen LogP contribution < -0.4 is 5.32 Å². The van der Waals surface area contributed by atoms with E-state index in [-0.39, 0.29) is 17.6 Å². The number of rotatable bonds is 5. The Balaban J connectivity index is 2.46. The number of aromatic hydroxyl groups is 1. The number of amides is 1. The van der Waals surface area contributed by atoms with Crippen LogP contribution in [0.15, 0.2) is 24.3 Å². The lowest BCUT2D eigenvalue weighted by Gasteiger charge is -2.20. The topological polar surface area (TPSA) is 52.6 Å². The molecule has 0 heterocycles. The van der Waals surface area contributed by atoms with Crippen LogP contribution in [0.25, 0.3) is 0 Å². The molecule has 0 saturated carbocycles. The minimum atomic E-state index is -0.0258. The molecular formula is C13H20N2O2. The molecule has 0 aliphatic heterocycles. The number of carbonyl (C=O) groups excluding carboxylic acids is 1. The van der Waals surface area contributed by atoms with Crippen LogP contribution in [0.4, 0.5) is 0 Å². The van der Waals surface area contributed by atoms with Crippen molar-refractivity contribution in [3.8, 4) is 5.75 Å². The van der Waals surface area contributed by atoms with Gasteiger partial charge in [-0.1, -0.05) is 19.1 Å². The Morgan fingerprint density at radius 1 is 1.41 bits per heavy atom. The van der Waals surface area contributed by atoms with Gasteiger partial charge in [0.25, 0.3) is 0 Å². The van der Waals surface area contributed by atoms with Gasteiger partial charge in [0.15, 0.2) is 0 Å². The van der Waals surface area contributed by atoms with Crippen molar-refractivity contribution >= 4 is 5.91 Å². The van der Waals surface area contributed by atoms with Crippen LogP contribution in [0.3, 0.4) is 0 Å². The second-order valence-corrected chi connectivity index (χ2v) is 4.38. The lowest BCUT2D eigenvalue weighted by Crippen LogP contribution is -2.34. The Kier molecular flexibility index (Phi) is 4.97. The molecule has 0 aliphatic carbocycles. The van der Waals surface area contributed by atoms with Gasteiger partial charge in [-0.15, -0.1) is 0 Å². The van der Waals surface area contributed by atoms with Crippen molar-refractivity contribution in [3.63, 3.8) is 0 Å².